The smallest absolute Gasteiger partial charge is 0.0547 e. The molecule has 6 aromatic rings. The van der Waals surface area contributed by atoms with Gasteiger partial charge in [0.15, 0.2) is 0 Å². The highest BCUT2D eigenvalue weighted by Gasteiger charge is 2.15. The maximum absolute atomic E-state index is 4.22. The summed E-state index contributed by atoms with van der Waals surface area (Å²) in [6, 6.07) is 41.0. The van der Waals surface area contributed by atoms with Crippen LogP contribution in [0.3, 0.4) is 0 Å². The number of hydrogen-bond donors (Lipinski definition) is 0. The molecule has 0 saturated carbocycles. The van der Waals surface area contributed by atoms with Crippen LogP contribution in [0.1, 0.15) is 17.5 Å². The first-order valence-electron chi connectivity index (χ1n) is 17.7. The molecule has 0 saturated heterocycles. The SMILES string of the molecule is C=C/C(=C\C=C\c1ccc2c3ccccc3n(-c3ccccc3)c2c1)C1=CCC2C=C/C=C/C(=C\C=C\c3cccc4ccccc34)/C=C\C1=C2. The lowest BCUT2D eigenvalue weighted by Crippen LogP contribution is -2.03. The van der Waals surface area contributed by atoms with Gasteiger partial charge in [-0.1, -0.05) is 189 Å². The molecule has 1 heteroatoms. The molecule has 8 rings (SSSR count). The molecule has 2 aliphatic rings. The average molecular weight is 654 g/mol. The summed E-state index contributed by atoms with van der Waals surface area (Å²) in [5.41, 5.74) is 10.6. The van der Waals surface area contributed by atoms with Gasteiger partial charge in [-0.25, -0.2) is 0 Å². The Balaban J connectivity index is 1.07. The Labute approximate surface area is 300 Å². The monoisotopic (exact) mass is 653 g/mol. The van der Waals surface area contributed by atoms with Crippen LogP contribution in [0.25, 0.3) is 50.4 Å². The van der Waals surface area contributed by atoms with Crippen molar-refractivity contribution in [2.75, 3.05) is 0 Å². The fourth-order valence-corrected chi connectivity index (χ4v) is 7.19. The van der Waals surface area contributed by atoms with Crippen LogP contribution in [0.2, 0.25) is 0 Å². The van der Waals surface area contributed by atoms with Crippen LogP contribution in [0.4, 0.5) is 0 Å². The van der Waals surface area contributed by atoms with Crippen LogP contribution < -0.4 is 0 Å². The molecular formula is C50H39N. The van der Waals surface area contributed by atoms with Crippen LogP contribution >= 0.6 is 0 Å². The van der Waals surface area contributed by atoms with Crippen LogP contribution in [0, 0.1) is 5.92 Å². The van der Waals surface area contributed by atoms with E-state index in [1.165, 1.54) is 49.3 Å². The Morgan fingerprint density at radius 3 is 2.39 bits per heavy atom. The lowest BCUT2D eigenvalue weighted by Gasteiger charge is -2.19. The zero-order chi connectivity index (χ0) is 34.4. The van der Waals surface area contributed by atoms with E-state index in [1.54, 1.807) is 0 Å². The summed E-state index contributed by atoms with van der Waals surface area (Å²) in [4.78, 5) is 0. The molecule has 0 fully saturated rings. The first-order chi connectivity index (χ1) is 25.2. The Morgan fingerprint density at radius 1 is 0.686 bits per heavy atom. The van der Waals surface area contributed by atoms with Crippen molar-refractivity contribution in [1.29, 1.82) is 0 Å². The second-order valence-electron chi connectivity index (χ2n) is 13.0. The van der Waals surface area contributed by atoms with E-state index in [2.05, 4.69) is 211 Å². The number of allylic oxidation sites excluding steroid dienone is 17. The van der Waals surface area contributed by atoms with Crippen molar-refractivity contribution in [3.63, 3.8) is 0 Å². The third-order valence-corrected chi connectivity index (χ3v) is 9.71. The Hall–Kier alpha value is -6.44. The Morgan fingerprint density at radius 2 is 1.49 bits per heavy atom. The summed E-state index contributed by atoms with van der Waals surface area (Å²) in [7, 11) is 0. The van der Waals surface area contributed by atoms with Gasteiger partial charge in [-0.2, -0.15) is 0 Å². The van der Waals surface area contributed by atoms with Crippen LogP contribution in [0.15, 0.2) is 223 Å². The summed E-state index contributed by atoms with van der Waals surface area (Å²) in [5, 5.41) is 5.03. The normalized spacial score (nSPS) is 18.5. The highest BCUT2D eigenvalue weighted by Crippen LogP contribution is 2.34. The molecule has 2 aliphatic carbocycles. The molecule has 244 valence electrons. The number of fused-ring (bicyclic) bond motifs is 5. The molecule has 0 amide bonds. The summed E-state index contributed by atoms with van der Waals surface area (Å²) < 4.78 is 2.36. The number of para-hydroxylation sites is 2. The van der Waals surface area contributed by atoms with Gasteiger partial charge in [-0.05, 0) is 80.8 Å². The largest absolute Gasteiger partial charge is 0.309 e. The minimum absolute atomic E-state index is 0.361. The minimum Gasteiger partial charge on any atom is -0.309 e. The standard InChI is InChI=1S/C50H39N/c1-2-40(20-13-18-39-31-34-48-47-27-10-11-28-49(47)51(50(48)36-39)44-24-4-3-5-25-44)46-33-30-38-16-7-6-15-37(29-32-43(46)35-38)17-12-21-42-23-14-22-41-19-8-9-26-45(41)42/h2-29,31-36,38H,1,30H2/b15-6+,16-7?,18-13+,21-12+,32-29-,37-17+,40-20+. The number of benzene rings is 5. The van der Waals surface area contributed by atoms with Gasteiger partial charge in [0.05, 0.1) is 11.0 Å². The van der Waals surface area contributed by atoms with Gasteiger partial charge >= 0.3 is 0 Å². The number of rotatable bonds is 7. The molecule has 0 aliphatic heterocycles. The fraction of sp³-hybridized carbons (Fsp3) is 0.0400. The molecule has 1 nitrogen and oxygen atoms in total. The summed E-state index contributed by atoms with van der Waals surface area (Å²) in [5.74, 6) is 0.361. The molecule has 1 atom stereocenters. The van der Waals surface area contributed by atoms with Crippen molar-refractivity contribution in [3.8, 4) is 5.69 Å². The van der Waals surface area contributed by atoms with Crippen molar-refractivity contribution >= 4 is 44.7 Å². The molecular weight excluding hydrogens is 615 g/mol. The maximum atomic E-state index is 4.22. The Kier molecular flexibility index (Phi) is 9.09. The molecule has 0 radical (unpaired) electrons. The maximum Gasteiger partial charge on any atom is 0.0547 e. The van der Waals surface area contributed by atoms with E-state index in [0.29, 0.717) is 5.92 Å². The van der Waals surface area contributed by atoms with Crippen LogP contribution in [-0.4, -0.2) is 4.57 Å². The molecule has 0 N–H and O–H groups in total. The summed E-state index contributed by atoms with van der Waals surface area (Å²) in [6.07, 6.45) is 33.9. The molecule has 1 heterocycles. The van der Waals surface area contributed by atoms with Gasteiger partial charge in [-0.15, -0.1) is 0 Å². The first kappa shape index (κ1) is 31.8. The average Bonchev–Trinajstić information content (AvgIpc) is 3.51. The van der Waals surface area contributed by atoms with Gasteiger partial charge in [0.1, 0.15) is 0 Å². The molecule has 2 bridgehead atoms. The second kappa shape index (κ2) is 14.6. The van der Waals surface area contributed by atoms with Crippen molar-refractivity contribution in [3.05, 3.63) is 234 Å². The van der Waals surface area contributed by atoms with E-state index >= 15 is 0 Å². The van der Waals surface area contributed by atoms with Crippen molar-refractivity contribution in [2.45, 2.75) is 6.42 Å². The Bertz CT molecular complexity index is 2550. The van der Waals surface area contributed by atoms with Crippen LogP contribution in [0.5, 0.6) is 0 Å². The topological polar surface area (TPSA) is 4.93 Å². The number of aromatic nitrogens is 1. The molecule has 1 aromatic heterocycles. The van der Waals surface area contributed by atoms with Crippen molar-refractivity contribution < 1.29 is 0 Å². The molecule has 5 aromatic carbocycles. The highest BCUT2D eigenvalue weighted by molar-refractivity contribution is 6.09. The predicted octanol–water partition coefficient (Wildman–Crippen LogP) is 13.3. The van der Waals surface area contributed by atoms with Crippen molar-refractivity contribution in [1.82, 2.24) is 4.57 Å². The minimum atomic E-state index is 0.361. The number of nitrogens with zero attached hydrogens (tertiary/aromatic N) is 1. The summed E-state index contributed by atoms with van der Waals surface area (Å²) >= 11 is 0. The lowest BCUT2D eigenvalue weighted by molar-refractivity contribution is 0.808. The van der Waals surface area contributed by atoms with E-state index in [9.17, 15) is 0 Å². The third-order valence-electron chi connectivity index (χ3n) is 9.71. The first-order valence-corrected chi connectivity index (χ1v) is 17.7. The van der Waals surface area contributed by atoms with Gasteiger partial charge in [0, 0.05) is 16.5 Å². The molecule has 51 heavy (non-hydrogen) atoms. The van der Waals surface area contributed by atoms with E-state index < -0.39 is 0 Å². The molecule has 1 unspecified atom stereocenters. The second-order valence-corrected chi connectivity index (χ2v) is 13.0. The van der Waals surface area contributed by atoms with Gasteiger partial charge in [0.2, 0.25) is 0 Å². The molecule has 0 spiro atoms. The third kappa shape index (κ3) is 6.75. The van der Waals surface area contributed by atoms with E-state index in [1.807, 2.05) is 6.08 Å². The van der Waals surface area contributed by atoms with Gasteiger partial charge in [0.25, 0.3) is 0 Å². The highest BCUT2D eigenvalue weighted by atomic mass is 15.0. The number of hydrogen-bond acceptors (Lipinski definition) is 0. The van der Waals surface area contributed by atoms with Crippen molar-refractivity contribution in [2.24, 2.45) is 5.92 Å². The quantitative estimate of drug-likeness (QED) is 0.151. The van der Waals surface area contributed by atoms with E-state index in [4.69, 9.17) is 0 Å². The van der Waals surface area contributed by atoms with E-state index in [-0.39, 0.29) is 0 Å². The zero-order valence-corrected chi connectivity index (χ0v) is 28.6. The predicted molar refractivity (Wildman–Crippen MR) is 221 cm³/mol. The van der Waals surface area contributed by atoms with Gasteiger partial charge < -0.3 is 4.57 Å². The fourth-order valence-electron chi connectivity index (χ4n) is 7.19. The van der Waals surface area contributed by atoms with Gasteiger partial charge in [-0.3, -0.25) is 0 Å². The zero-order valence-electron chi connectivity index (χ0n) is 28.6. The van der Waals surface area contributed by atoms with Crippen LogP contribution in [-0.2, 0) is 0 Å². The lowest BCUT2D eigenvalue weighted by atomic mass is 9.85. The van der Waals surface area contributed by atoms with E-state index in [0.717, 1.165) is 28.8 Å². The summed E-state index contributed by atoms with van der Waals surface area (Å²) in [6.45, 7) is 4.22.